The van der Waals surface area contributed by atoms with Gasteiger partial charge in [0.15, 0.2) is 0 Å². The Hall–Kier alpha value is -2.59. The molecule has 0 saturated heterocycles. The fourth-order valence-corrected chi connectivity index (χ4v) is 1.35. The van der Waals surface area contributed by atoms with E-state index in [1.165, 1.54) is 6.07 Å². The van der Waals surface area contributed by atoms with Crippen LogP contribution in [0.4, 0.5) is 0 Å². The molecule has 0 atom stereocenters. The molecule has 2 aromatic heterocycles. The van der Waals surface area contributed by atoms with Crippen LogP contribution in [-0.4, -0.2) is 31.5 Å². The zero-order valence-corrected chi connectivity index (χ0v) is 9.30. The molecule has 0 radical (unpaired) electrons. The smallest absolute Gasteiger partial charge is 0.350 e. The molecular formula is C11H10N4O3. The number of hydrogen-bond acceptors (Lipinski definition) is 4. The summed E-state index contributed by atoms with van der Waals surface area (Å²) in [4.78, 5) is 26.8. The van der Waals surface area contributed by atoms with E-state index >= 15 is 0 Å². The van der Waals surface area contributed by atoms with Crippen LogP contribution in [0.15, 0.2) is 27.8 Å². The van der Waals surface area contributed by atoms with Crippen molar-refractivity contribution < 1.29 is 5.11 Å². The van der Waals surface area contributed by atoms with E-state index in [9.17, 15) is 9.59 Å². The Labute approximate surface area is 101 Å². The number of hydrogen-bond donors (Lipinski definition) is 3. The monoisotopic (exact) mass is 246 g/mol. The maximum Gasteiger partial charge on any atom is 0.350 e. The van der Waals surface area contributed by atoms with E-state index in [-0.39, 0.29) is 12.4 Å². The molecule has 0 bridgehead atoms. The van der Waals surface area contributed by atoms with Gasteiger partial charge in [-0.05, 0) is 18.1 Å². The molecular weight excluding hydrogens is 236 g/mol. The number of H-pyrrole nitrogens is 2. The summed E-state index contributed by atoms with van der Waals surface area (Å²) >= 11 is 0. The fourth-order valence-electron chi connectivity index (χ4n) is 1.35. The predicted molar refractivity (Wildman–Crippen MR) is 63.4 cm³/mol. The van der Waals surface area contributed by atoms with E-state index in [2.05, 4.69) is 27.0 Å². The predicted octanol–water partition coefficient (Wildman–Crippen LogP) is -1.02. The number of aromatic nitrogens is 4. The van der Waals surface area contributed by atoms with Crippen molar-refractivity contribution in [2.45, 2.75) is 6.42 Å². The molecule has 92 valence electrons. The molecule has 0 unspecified atom stereocenters. The van der Waals surface area contributed by atoms with Gasteiger partial charge in [0.2, 0.25) is 0 Å². The Morgan fingerprint density at radius 2 is 2.00 bits per heavy atom. The van der Waals surface area contributed by atoms with Gasteiger partial charge in [-0.2, -0.15) is 4.57 Å². The van der Waals surface area contributed by atoms with Crippen molar-refractivity contribution >= 4 is 0 Å². The van der Waals surface area contributed by atoms with Crippen LogP contribution in [-0.2, 0) is 0 Å². The molecule has 0 aliphatic heterocycles. The van der Waals surface area contributed by atoms with Crippen molar-refractivity contribution in [3.8, 4) is 17.7 Å². The summed E-state index contributed by atoms with van der Waals surface area (Å²) in [6, 6.07) is 4.83. The molecule has 0 fully saturated rings. The number of nitrogens with zero attached hydrogens (tertiary/aromatic N) is 2. The Morgan fingerprint density at radius 3 is 2.67 bits per heavy atom. The third-order valence-corrected chi connectivity index (χ3v) is 2.10. The minimum absolute atomic E-state index is 0.0242. The Balaban J connectivity index is 2.43. The summed E-state index contributed by atoms with van der Waals surface area (Å²) in [5.41, 5.74) is -0.755. The van der Waals surface area contributed by atoms with Gasteiger partial charge in [0, 0.05) is 6.42 Å². The van der Waals surface area contributed by atoms with E-state index in [0.29, 0.717) is 12.1 Å². The van der Waals surface area contributed by atoms with Crippen LogP contribution >= 0.6 is 0 Å². The maximum atomic E-state index is 11.4. The molecule has 3 N–H and O–H groups in total. The van der Waals surface area contributed by atoms with E-state index in [1.54, 1.807) is 12.1 Å². The molecule has 2 heterocycles. The lowest BCUT2D eigenvalue weighted by atomic mass is 10.3. The number of aliphatic hydroxyl groups excluding tert-OH is 1. The van der Waals surface area contributed by atoms with Gasteiger partial charge >= 0.3 is 11.4 Å². The zero-order valence-electron chi connectivity index (χ0n) is 9.30. The highest BCUT2D eigenvalue weighted by Gasteiger charge is 2.06. The van der Waals surface area contributed by atoms with Crippen LogP contribution in [0.3, 0.4) is 0 Å². The van der Waals surface area contributed by atoms with E-state index < -0.39 is 11.4 Å². The van der Waals surface area contributed by atoms with Crippen LogP contribution in [0.5, 0.6) is 0 Å². The van der Waals surface area contributed by atoms with Crippen molar-refractivity contribution in [2.75, 3.05) is 6.61 Å². The third-order valence-electron chi connectivity index (χ3n) is 2.10. The molecule has 2 rings (SSSR count). The second-order valence-corrected chi connectivity index (χ2v) is 3.35. The van der Waals surface area contributed by atoms with Crippen molar-refractivity contribution in [3.63, 3.8) is 0 Å². The number of nitrogens with one attached hydrogen (secondary N) is 2. The SMILES string of the molecule is O=c1[nH][nH]c(=O)n1-c1cccc(C#CCCO)n1. The molecule has 18 heavy (non-hydrogen) atoms. The van der Waals surface area contributed by atoms with Gasteiger partial charge in [0.05, 0.1) is 6.61 Å². The molecule has 0 spiro atoms. The number of aliphatic hydroxyl groups is 1. The first-order chi connectivity index (χ1) is 8.72. The highest BCUT2D eigenvalue weighted by atomic mass is 16.2. The minimum Gasteiger partial charge on any atom is -0.395 e. The van der Waals surface area contributed by atoms with Gasteiger partial charge in [-0.3, -0.25) is 0 Å². The van der Waals surface area contributed by atoms with Gasteiger partial charge in [-0.15, -0.1) is 0 Å². The van der Waals surface area contributed by atoms with Crippen LogP contribution in [0.1, 0.15) is 12.1 Å². The average Bonchev–Trinajstić information content (AvgIpc) is 2.70. The molecule has 0 saturated carbocycles. The van der Waals surface area contributed by atoms with Crippen LogP contribution in [0, 0.1) is 11.8 Å². The summed E-state index contributed by atoms with van der Waals surface area (Å²) in [5.74, 6) is 5.63. The second-order valence-electron chi connectivity index (χ2n) is 3.35. The molecule has 7 heteroatoms. The van der Waals surface area contributed by atoms with Gasteiger partial charge in [-0.25, -0.2) is 24.8 Å². The number of pyridine rings is 1. The topological polar surface area (TPSA) is 104 Å². The van der Waals surface area contributed by atoms with Crippen LogP contribution in [0.25, 0.3) is 5.82 Å². The lowest BCUT2D eigenvalue weighted by Gasteiger charge is -1.97. The van der Waals surface area contributed by atoms with Crippen molar-refractivity contribution in [3.05, 3.63) is 44.9 Å². The Bertz CT molecular complexity index is 686. The molecule has 0 aliphatic rings. The lowest BCUT2D eigenvalue weighted by molar-refractivity contribution is 0.305. The number of aromatic amines is 2. The minimum atomic E-state index is -0.590. The first-order valence-corrected chi connectivity index (χ1v) is 5.19. The molecule has 0 amide bonds. The largest absolute Gasteiger partial charge is 0.395 e. The number of rotatable bonds is 2. The standard InChI is InChI=1S/C11H10N4O3/c16-7-2-1-4-8-5-3-6-9(12-8)15-10(17)13-14-11(15)18/h3,5-6,16H,2,7H2,(H,13,17)(H,14,18). The third kappa shape index (κ3) is 2.39. The Morgan fingerprint density at radius 1 is 1.28 bits per heavy atom. The Kier molecular flexibility index (Phi) is 3.41. The average molecular weight is 246 g/mol. The summed E-state index contributed by atoms with van der Waals surface area (Å²) in [7, 11) is 0. The fraction of sp³-hybridized carbons (Fsp3) is 0.182. The highest BCUT2D eigenvalue weighted by Crippen LogP contribution is 1.99. The van der Waals surface area contributed by atoms with E-state index in [0.717, 1.165) is 4.57 Å². The molecule has 0 aromatic carbocycles. The second kappa shape index (κ2) is 5.16. The van der Waals surface area contributed by atoms with Crippen molar-refractivity contribution in [1.29, 1.82) is 0 Å². The summed E-state index contributed by atoms with van der Waals surface area (Å²) in [6.45, 7) is -0.0242. The van der Waals surface area contributed by atoms with Gasteiger partial charge in [-0.1, -0.05) is 12.0 Å². The maximum absolute atomic E-state index is 11.4. The van der Waals surface area contributed by atoms with E-state index in [4.69, 9.17) is 5.11 Å². The van der Waals surface area contributed by atoms with Gasteiger partial charge < -0.3 is 5.11 Å². The normalized spacial score (nSPS) is 9.83. The quantitative estimate of drug-likeness (QED) is 0.590. The molecule has 2 aromatic rings. The zero-order chi connectivity index (χ0) is 13.0. The van der Waals surface area contributed by atoms with Crippen LogP contribution < -0.4 is 11.4 Å². The van der Waals surface area contributed by atoms with Crippen molar-refractivity contribution in [2.24, 2.45) is 0 Å². The van der Waals surface area contributed by atoms with Gasteiger partial charge in [0.25, 0.3) is 0 Å². The van der Waals surface area contributed by atoms with E-state index in [1.807, 2.05) is 0 Å². The molecule has 7 nitrogen and oxygen atoms in total. The van der Waals surface area contributed by atoms with Crippen LogP contribution in [0.2, 0.25) is 0 Å². The first kappa shape index (κ1) is 11.9. The summed E-state index contributed by atoms with van der Waals surface area (Å²) in [5, 5.41) is 12.9. The first-order valence-electron chi connectivity index (χ1n) is 5.19. The molecule has 0 aliphatic carbocycles. The lowest BCUT2D eigenvalue weighted by Crippen LogP contribution is -2.25. The highest BCUT2D eigenvalue weighted by molar-refractivity contribution is 5.33. The summed E-state index contributed by atoms with van der Waals surface area (Å²) in [6.07, 6.45) is 0.344. The van der Waals surface area contributed by atoms with Gasteiger partial charge in [0.1, 0.15) is 11.5 Å². The summed E-state index contributed by atoms with van der Waals surface area (Å²) < 4.78 is 0.872. The van der Waals surface area contributed by atoms with Crippen molar-refractivity contribution in [1.82, 2.24) is 19.7 Å².